The molecule has 39 heavy (non-hydrogen) atoms. The highest BCUT2D eigenvalue weighted by molar-refractivity contribution is 6.05. The van der Waals surface area contributed by atoms with Gasteiger partial charge in [-0.2, -0.15) is 0 Å². The molecule has 1 saturated heterocycles. The lowest BCUT2D eigenvalue weighted by atomic mass is 9.54. The summed E-state index contributed by atoms with van der Waals surface area (Å²) in [6.07, 6.45) is 7.47. The molecule has 9 heteroatoms. The molecule has 0 aromatic heterocycles. The van der Waals surface area contributed by atoms with E-state index in [-0.39, 0.29) is 12.0 Å². The molecule has 0 radical (unpaired) electrons. The third-order valence-corrected chi connectivity index (χ3v) is 9.51. The number of unbranched alkanes of at least 4 members (excludes halogenated alkanes) is 3. The predicted octanol–water partition coefficient (Wildman–Crippen LogP) is 1.67. The zero-order valence-electron chi connectivity index (χ0n) is 23.2. The Kier molecular flexibility index (Phi) is 7.92. The van der Waals surface area contributed by atoms with Crippen molar-refractivity contribution in [2.75, 3.05) is 6.61 Å². The van der Waals surface area contributed by atoms with Crippen molar-refractivity contribution < 1.29 is 44.6 Å². The second kappa shape index (κ2) is 10.4. The average molecular weight is 547 g/mol. The van der Waals surface area contributed by atoms with Crippen molar-refractivity contribution in [2.24, 2.45) is 17.8 Å². The minimum Gasteiger partial charge on any atom is -0.455 e. The van der Waals surface area contributed by atoms with Crippen LogP contribution in [0.5, 0.6) is 0 Å². The summed E-state index contributed by atoms with van der Waals surface area (Å²) >= 11 is 0. The van der Waals surface area contributed by atoms with Gasteiger partial charge in [0.1, 0.15) is 29.5 Å². The quantitative estimate of drug-likeness (QED) is 0.0725. The van der Waals surface area contributed by atoms with Gasteiger partial charge in [0.2, 0.25) is 0 Å². The molecule has 4 aliphatic rings. The first-order valence-corrected chi connectivity index (χ1v) is 13.8. The zero-order chi connectivity index (χ0) is 29.0. The lowest BCUT2D eigenvalue weighted by Crippen LogP contribution is -2.71. The molecule has 0 aromatic rings. The first-order valence-electron chi connectivity index (χ1n) is 13.8. The number of allylic oxidation sites excluding steroid dienone is 3. The number of ether oxygens (including phenoxy) is 2. The third kappa shape index (κ3) is 4.29. The van der Waals surface area contributed by atoms with Gasteiger partial charge >= 0.3 is 5.97 Å². The summed E-state index contributed by atoms with van der Waals surface area (Å²) in [5.74, 6) is -4.84. The summed E-state index contributed by atoms with van der Waals surface area (Å²) in [5, 5.41) is 57.7. The van der Waals surface area contributed by atoms with Crippen LogP contribution >= 0.6 is 0 Å². The molecule has 3 aliphatic carbocycles. The largest absolute Gasteiger partial charge is 0.455 e. The van der Waals surface area contributed by atoms with E-state index in [9.17, 15) is 35.1 Å². The maximum absolute atomic E-state index is 13.2. The Morgan fingerprint density at radius 2 is 1.95 bits per heavy atom. The van der Waals surface area contributed by atoms with E-state index in [2.05, 4.69) is 13.5 Å². The Hall–Kier alpha value is -2.14. The van der Waals surface area contributed by atoms with Crippen molar-refractivity contribution in [3.05, 3.63) is 48.1 Å². The molecule has 1 heterocycles. The van der Waals surface area contributed by atoms with Crippen LogP contribution in [-0.4, -0.2) is 84.6 Å². The number of esters is 1. The summed E-state index contributed by atoms with van der Waals surface area (Å²) in [4.78, 5) is 26.2. The molecule has 0 amide bonds. The number of epoxide rings is 1. The third-order valence-electron chi connectivity index (χ3n) is 9.51. The zero-order valence-corrected chi connectivity index (χ0v) is 23.2. The van der Waals surface area contributed by atoms with Crippen LogP contribution in [0.25, 0.3) is 0 Å². The smallest absolute Gasteiger partial charge is 0.331 e. The van der Waals surface area contributed by atoms with Crippen LogP contribution in [-0.2, 0) is 19.1 Å². The van der Waals surface area contributed by atoms with E-state index in [1.807, 2.05) is 6.08 Å². The first-order chi connectivity index (χ1) is 18.3. The van der Waals surface area contributed by atoms with Crippen molar-refractivity contribution in [1.82, 2.24) is 0 Å². The highest BCUT2D eigenvalue weighted by atomic mass is 16.6. The molecule has 4 rings (SSSR count). The van der Waals surface area contributed by atoms with E-state index in [1.165, 1.54) is 25.2 Å². The van der Waals surface area contributed by atoms with Gasteiger partial charge in [-0.3, -0.25) is 4.79 Å². The van der Waals surface area contributed by atoms with Crippen LogP contribution < -0.4 is 0 Å². The van der Waals surface area contributed by atoms with Crippen LogP contribution in [0, 0.1) is 17.8 Å². The maximum atomic E-state index is 13.2. The molecule has 0 aromatic carbocycles. The second-order valence-corrected chi connectivity index (χ2v) is 11.9. The number of Topliss-reactive ketones (excluding diaryl/α,β-unsaturated/α-hetero) is 1. The Labute approximate surface area is 229 Å². The number of rotatable bonds is 9. The molecule has 2 saturated carbocycles. The van der Waals surface area contributed by atoms with Crippen LogP contribution in [0.4, 0.5) is 0 Å². The molecule has 10 unspecified atom stereocenters. The lowest BCUT2D eigenvalue weighted by molar-refractivity contribution is -0.252. The highest BCUT2D eigenvalue weighted by Gasteiger charge is 2.83. The summed E-state index contributed by atoms with van der Waals surface area (Å²) in [5.41, 5.74) is -7.59. The van der Waals surface area contributed by atoms with E-state index >= 15 is 0 Å². The SMILES string of the molecule is C=C(C)C1(O)CC(C)C2(O)C(C1OC(=O)C=CC=CCCCCC)C1OC1(CO)C(O)C1(O)C(=O)C(C)=CC12. The molecule has 1 aliphatic heterocycles. The van der Waals surface area contributed by atoms with Gasteiger partial charge in [0.15, 0.2) is 11.4 Å². The molecule has 9 nitrogen and oxygen atoms in total. The van der Waals surface area contributed by atoms with Gasteiger partial charge in [-0.05, 0) is 50.2 Å². The lowest BCUT2D eigenvalue weighted by Gasteiger charge is -2.57. The first kappa shape index (κ1) is 29.8. The van der Waals surface area contributed by atoms with Crippen LogP contribution in [0.1, 0.15) is 59.8 Å². The van der Waals surface area contributed by atoms with Crippen LogP contribution in [0.15, 0.2) is 48.1 Å². The van der Waals surface area contributed by atoms with E-state index in [0.717, 1.165) is 25.7 Å². The van der Waals surface area contributed by atoms with Gasteiger partial charge in [0.05, 0.1) is 18.1 Å². The summed E-state index contributed by atoms with van der Waals surface area (Å²) < 4.78 is 11.7. The number of hydrogen-bond donors (Lipinski definition) is 5. The monoisotopic (exact) mass is 546 g/mol. The fourth-order valence-electron chi connectivity index (χ4n) is 7.18. The molecular weight excluding hydrogens is 504 g/mol. The molecule has 0 bridgehead atoms. The van der Waals surface area contributed by atoms with E-state index in [4.69, 9.17) is 9.47 Å². The Morgan fingerprint density at radius 3 is 2.56 bits per heavy atom. The van der Waals surface area contributed by atoms with Crippen molar-refractivity contribution >= 4 is 11.8 Å². The van der Waals surface area contributed by atoms with Gasteiger partial charge in [0, 0.05) is 12.0 Å². The fourth-order valence-corrected chi connectivity index (χ4v) is 7.18. The molecule has 216 valence electrons. The van der Waals surface area contributed by atoms with E-state index < -0.39 is 76.8 Å². The van der Waals surface area contributed by atoms with Gasteiger partial charge in [-0.15, -0.1) is 0 Å². The van der Waals surface area contributed by atoms with Crippen molar-refractivity contribution in [2.45, 2.75) is 101 Å². The number of hydrogen-bond acceptors (Lipinski definition) is 9. The molecule has 0 spiro atoms. The molecule has 5 N–H and O–H groups in total. The van der Waals surface area contributed by atoms with Crippen molar-refractivity contribution in [3.8, 4) is 0 Å². The number of carbonyl (C=O) groups is 2. The molecular formula is C30H42O9. The average Bonchev–Trinajstić information content (AvgIpc) is 3.57. The van der Waals surface area contributed by atoms with E-state index in [0.29, 0.717) is 5.57 Å². The van der Waals surface area contributed by atoms with Gasteiger partial charge in [-0.25, -0.2) is 4.79 Å². The standard InChI is InChI=1S/C30H42O9/c1-6-7-8-9-10-11-12-13-21(32)38-24-22-25-28(16-31,39-25)26(34)30(37)20(14-18(4)23(30)33)29(22,36)19(5)15-27(24,35)17(2)3/h10-14,19-20,22,24-26,31,34-37H,2,6-9,15-16H2,1,3-5H3. The number of aliphatic hydroxyl groups excluding tert-OH is 2. The topological polar surface area (TPSA) is 157 Å². The van der Waals surface area contributed by atoms with E-state index in [1.54, 1.807) is 19.9 Å². The number of carbonyl (C=O) groups excluding carboxylic acids is 2. The van der Waals surface area contributed by atoms with Gasteiger partial charge in [0.25, 0.3) is 0 Å². The molecule has 3 fully saturated rings. The van der Waals surface area contributed by atoms with Gasteiger partial charge < -0.3 is 35.0 Å². The summed E-state index contributed by atoms with van der Waals surface area (Å²) in [7, 11) is 0. The van der Waals surface area contributed by atoms with Crippen LogP contribution in [0.2, 0.25) is 0 Å². The van der Waals surface area contributed by atoms with Crippen molar-refractivity contribution in [1.29, 1.82) is 0 Å². The molecule has 10 atom stereocenters. The van der Waals surface area contributed by atoms with Gasteiger partial charge in [-0.1, -0.05) is 57.6 Å². The number of aliphatic hydroxyl groups is 5. The summed E-state index contributed by atoms with van der Waals surface area (Å²) in [6.45, 7) is 10.0. The second-order valence-electron chi connectivity index (χ2n) is 11.9. The maximum Gasteiger partial charge on any atom is 0.331 e. The minimum absolute atomic E-state index is 0.100. The minimum atomic E-state index is -2.48. The van der Waals surface area contributed by atoms with Crippen molar-refractivity contribution in [3.63, 3.8) is 0 Å². The van der Waals surface area contributed by atoms with Crippen LogP contribution in [0.3, 0.4) is 0 Å². The normalized spacial score (nSPS) is 44.9. The number of ketones is 1. The predicted molar refractivity (Wildman–Crippen MR) is 142 cm³/mol. The number of fused-ring (bicyclic) bond motifs is 5. The Balaban J connectivity index is 1.76. The fraction of sp³-hybridized carbons (Fsp3) is 0.667. The Morgan fingerprint density at radius 1 is 1.26 bits per heavy atom. The highest BCUT2D eigenvalue weighted by Crippen LogP contribution is 2.65. The Bertz CT molecular complexity index is 1110. The summed E-state index contributed by atoms with van der Waals surface area (Å²) in [6, 6.07) is 0.